The summed E-state index contributed by atoms with van der Waals surface area (Å²) in [5.41, 5.74) is 3.84. The summed E-state index contributed by atoms with van der Waals surface area (Å²) >= 11 is 0. The second-order valence-corrected chi connectivity index (χ2v) is 9.78. The first kappa shape index (κ1) is 21.6. The molecule has 5 nitrogen and oxygen atoms in total. The number of benzene rings is 2. The molecule has 0 radical (unpaired) electrons. The van der Waals surface area contributed by atoms with Crippen LogP contribution in [0.25, 0.3) is 5.69 Å². The van der Waals surface area contributed by atoms with E-state index in [1.807, 2.05) is 43.3 Å². The van der Waals surface area contributed by atoms with Crippen LogP contribution < -0.4 is 5.56 Å². The lowest BCUT2D eigenvalue weighted by atomic mass is 9.80. The Morgan fingerprint density at radius 1 is 1.00 bits per heavy atom. The first-order valence-electron chi connectivity index (χ1n) is 10.2. The van der Waals surface area contributed by atoms with Crippen LogP contribution in [-0.2, 0) is 10.8 Å². The second kappa shape index (κ2) is 7.63. The van der Waals surface area contributed by atoms with E-state index < -0.39 is 0 Å². The third kappa shape index (κ3) is 4.25. The fourth-order valence-corrected chi connectivity index (χ4v) is 3.33. The number of aromatic amines is 1. The summed E-state index contributed by atoms with van der Waals surface area (Å²) in [6, 6.07) is 13.4. The molecule has 0 aliphatic carbocycles. The van der Waals surface area contributed by atoms with Gasteiger partial charge in [0.05, 0.1) is 11.3 Å². The summed E-state index contributed by atoms with van der Waals surface area (Å²) in [5.74, 6) is 0.156. The molecule has 30 heavy (non-hydrogen) atoms. The molecule has 1 heterocycles. The van der Waals surface area contributed by atoms with E-state index in [9.17, 15) is 9.90 Å². The first-order valence-corrected chi connectivity index (χ1v) is 10.2. The largest absolute Gasteiger partial charge is 0.505 e. The highest BCUT2D eigenvalue weighted by Crippen LogP contribution is 2.41. The Labute approximate surface area is 178 Å². The molecule has 3 rings (SSSR count). The molecule has 0 amide bonds. The number of aliphatic imine (C=N–C) groups is 1. The molecule has 0 aliphatic rings. The highest BCUT2D eigenvalue weighted by atomic mass is 16.3. The molecule has 0 aliphatic heterocycles. The SMILES string of the molecule is Cc1[nH]n(-c2ccccc2)c(=O)c1C=Nc1cc(C(C)(C)C)cc(C(C)(C)C)c1O. The van der Waals surface area contributed by atoms with Crippen molar-refractivity contribution in [3.05, 3.63) is 75.2 Å². The fourth-order valence-electron chi connectivity index (χ4n) is 3.33. The van der Waals surface area contributed by atoms with Crippen molar-refractivity contribution >= 4 is 11.9 Å². The van der Waals surface area contributed by atoms with Crippen molar-refractivity contribution < 1.29 is 5.11 Å². The number of hydrogen-bond donors (Lipinski definition) is 2. The zero-order valence-corrected chi connectivity index (χ0v) is 18.9. The molecule has 2 N–H and O–H groups in total. The van der Waals surface area contributed by atoms with Crippen molar-refractivity contribution in [2.75, 3.05) is 0 Å². The molecule has 0 unspecified atom stereocenters. The number of nitrogens with zero attached hydrogens (tertiary/aromatic N) is 2. The summed E-state index contributed by atoms with van der Waals surface area (Å²) in [4.78, 5) is 17.5. The highest BCUT2D eigenvalue weighted by Gasteiger charge is 2.25. The summed E-state index contributed by atoms with van der Waals surface area (Å²) < 4.78 is 1.50. The molecule has 0 saturated heterocycles. The Morgan fingerprint density at radius 2 is 1.63 bits per heavy atom. The molecule has 0 saturated carbocycles. The van der Waals surface area contributed by atoms with E-state index in [0.717, 1.165) is 22.5 Å². The van der Waals surface area contributed by atoms with Crippen LogP contribution in [0.3, 0.4) is 0 Å². The monoisotopic (exact) mass is 405 g/mol. The number of H-pyrrole nitrogens is 1. The summed E-state index contributed by atoms with van der Waals surface area (Å²) in [7, 11) is 0. The van der Waals surface area contributed by atoms with Crippen molar-refractivity contribution in [3.8, 4) is 11.4 Å². The molecule has 3 aromatic rings. The van der Waals surface area contributed by atoms with Crippen LogP contribution in [0.4, 0.5) is 5.69 Å². The van der Waals surface area contributed by atoms with E-state index in [-0.39, 0.29) is 22.1 Å². The van der Waals surface area contributed by atoms with Gasteiger partial charge in [-0.25, -0.2) is 4.68 Å². The van der Waals surface area contributed by atoms with E-state index in [2.05, 4.69) is 57.7 Å². The van der Waals surface area contributed by atoms with Crippen LogP contribution in [0.15, 0.2) is 52.3 Å². The normalized spacial score (nSPS) is 12.6. The Hall–Kier alpha value is -3.08. The lowest BCUT2D eigenvalue weighted by molar-refractivity contribution is 0.446. The van der Waals surface area contributed by atoms with Gasteiger partial charge in [0.2, 0.25) is 0 Å². The van der Waals surface area contributed by atoms with Crippen molar-refractivity contribution in [1.29, 1.82) is 0 Å². The van der Waals surface area contributed by atoms with Gasteiger partial charge in [-0.2, -0.15) is 0 Å². The number of aryl methyl sites for hydroxylation is 1. The summed E-state index contributed by atoms with van der Waals surface area (Å²) in [6.45, 7) is 14.4. The average molecular weight is 406 g/mol. The van der Waals surface area contributed by atoms with E-state index in [0.29, 0.717) is 11.3 Å². The van der Waals surface area contributed by atoms with Gasteiger partial charge in [-0.1, -0.05) is 65.8 Å². The van der Waals surface area contributed by atoms with Crippen molar-refractivity contribution in [2.24, 2.45) is 4.99 Å². The van der Waals surface area contributed by atoms with Crippen LogP contribution in [0, 0.1) is 6.92 Å². The molecule has 158 valence electrons. The minimum absolute atomic E-state index is 0.0952. The van der Waals surface area contributed by atoms with Crippen LogP contribution in [-0.4, -0.2) is 21.1 Å². The molecule has 1 aromatic heterocycles. The average Bonchev–Trinajstić information content (AvgIpc) is 2.93. The fraction of sp³-hybridized carbons (Fsp3) is 0.360. The number of aromatic hydroxyl groups is 1. The third-order valence-electron chi connectivity index (χ3n) is 5.23. The quantitative estimate of drug-likeness (QED) is 0.563. The second-order valence-electron chi connectivity index (χ2n) is 9.78. The number of phenolic OH excluding ortho intramolecular Hbond substituents is 1. The number of rotatable bonds is 3. The molecular weight excluding hydrogens is 374 g/mol. The zero-order valence-electron chi connectivity index (χ0n) is 18.9. The van der Waals surface area contributed by atoms with Gasteiger partial charge in [0, 0.05) is 17.5 Å². The molecule has 5 heteroatoms. The Balaban J connectivity index is 2.11. The van der Waals surface area contributed by atoms with Crippen LogP contribution in [0.5, 0.6) is 5.75 Å². The standard InChI is InChI=1S/C25H31N3O2/c1-16-19(23(30)28(27-16)18-11-9-8-10-12-18)15-26-21-14-17(24(2,3)4)13-20(22(21)29)25(5,6)7/h8-15,27,29H,1-7H3. The number of hydrogen-bond acceptors (Lipinski definition) is 3. The van der Waals surface area contributed by atoms with Crippen LogP contribution >= 0.6 is 0 Å². The summed E-state index contributed by atoms with van der Waals surface area (Å²) in [5, 5.41) is 14.0. The Bertz CT molecular complexity index is 1140. The number of nitrogens with one attached hydrogen (secondary N) is 1. The minimum atomic E-state index is -0.236. The van der Waals surface area contributed by atoms with Gasteiger partial charge >= 0.3 is 0 Å². The molecule has 0 bridgehead atoms. The molecular formula is C25H31N3O2. The third-order valence-corrected chi connectivity index (χ3v) is 5.23. The number of phenols is 1. The maximum Gasteiger partial charge on any atom is 0.280 e. The van der Waals surface area contributed by atoms with Crippen molar-refractivity contribution in [3.63, 3.8) is 0 Å². The number of para-hydroxylation sites is 1. The molecule has 0 fully saturated rings. The predicted octanol–water partition coefficient (Wildman–Crippen LogP) is 5.53. The van der Waals surface area contributed by atoms with Crippen LogP contribution in [0.2, 0.25) is 0 Å². The molecule has 0 spiro atoms. The molecule has 0 atom stereocenters. The lowest BCUT2D eigenvalue weighted by Crippen LogP contribution is -2.17. The minimum Gasteiger partial charge on any atom is -0.505 e. The van der Waals surface area contributed by atoms with Gasteiger partial charge < -0.3 is 5.11 Å². The van der Waals surface area contributed by atoms with Gasteiger partial charge in [-0.15, -0.1) is 0 Å². The van der Waals surface area contributed by atoms with Gasteiger partial charge in [-0.05, 0) is 41.5 Å². The first-order chi connectivity index (χ1) is 13.9. The van der Waals surface area contributed by atoms with E-state index in [4.69, 9.17) is 0 Å². The lowest BCUT2D eigenvalue weighted by Gasteiger charge is -2.26. The van der Waals surface area contributed by atoms with E-state index in [1.165, 1.54) is 4.68 Å². The van der Waals surface area contributed by atoms with Crippen LogP contribution in [0.1, 0.15) is 63.9 Å². The Morgan fingerprint density at radius 3 is 2.20 bits per heavy atom. The maximum atomic E-state index is 12.9. The summed E-state index contributed by atoms with van der Waals surface area (Å²) in [6.07, 6.45) is 1.54. The maximum absolute atomic E-state index is 12.9. The zero-order chi connectivity index (χ0) is 22.3. The van der Waals surface area contributed by atoms with Crippen molar-refractivity contribution in [1.82, 2.24) is 9.78 Å². The van der Waals surface area contributed by atoms with Gasteiger partial charge in [0.25, 0.3) is 5.56 Å². The van der Waals surface area contributed by atoms with Gasteiger partial charge in [0.1, 0.15) is 11.4 Å². The van der Waals surface area contributed by atoms with Gasteiger partial charge in [0.15, 0.2) is 0 Å². The van der Waals surface area contributed by atoms with Crippen molar-refractivity contribution in [2.45, 2.75) is 59.3 Å². The predicted molar refractivity (Wildman–Crippen MR) is 124 cm³/mol. The number of aromatic nitrogens is 2. The molecule has 2 aromatic carbocycles. The highest BCUT2D eigenvalue weighted by molar-refractivity contribution is 5.84. The Kier molecular flexibility index (Phi) is 5.50. The van der Waals surface area contributed by atoms with E-state index in [1.54, 1.807) is 6.21 Å². The topological polar surface area (TPSA) is 70.4 Å². The van der Waals surface area contributed by atoms with Gasteiger partial charge in [-0.3, -0.25) is 14.9 Å². The van der Waals surface area contributed by atoms with E-state index >= 15 is 0 Å². The smallest absolute Gasteiger partial charge is 0.280 e.